The van der Waals surface area contributed by atoms with Crippen LogP contribution in [0.25, 0.3) is 0 Å². The van der Waals surface area contributed by atoms with Gasteiger partial charge in [0.2, 0.25) is 0 Å². The van der Waals surface area contributed by atoms with Crippen LogP contribution in [0.1, 0.15) is 32.1 Å². The van der Waals surface area contributed by atoms with Crippen molar-refractivity contribution >= 4 is 0 Å². The third-order valence-electron chi connectivity index (χ3n) is 1.99. The standard InChI is InChI=1S/C8H14N2O2/c11-10(12)7-8-5-3-1-2-4-6-9-8/h7,9H,1-6H2/b8-7-. The van der Waals surface area contributed by atoms with Gasteiger partial charge < -0.3 is 5.32 Å². The first-order chi connectivity index (χ1) is 5.79. The molecule has 0 aliphatic carbocycles. The van der Waals surface area contributed by atoms with Crippen LogP contribution in [0.15, 0.2) is 11.9 Å². The first-order valence-electron chi connectivity index (χ1n) is 4.37. The van der Waals surface area contributed by atoms with Gasteiger partial charge in [-0.1, -0.05) is 12.8 Å². The van der Waals surface area contributed by atoms with Crippen molar-refractivity contribution in [1.82, 2.24) is 5.32 Å². The lowest BCUT2D eigenvalue weighted by molar-refractivity contribution is -0.403. The van der Waals surface area contributed by atoms with Crippen LogP contribution in [-0.2, 0) is 0 Å². The zero-order valence-electron chi connectivity index (χ0n) is 7.08. The highest BCUT2D eigenvalue weighted by atomic mass is 16.6. The van der Waals surface area contributed by atoms with Crippen LogP contribution in [0.5, 0.6) is 0 Å². The Morgan fingerprint density at radius 1 is 1.33 bits per heavy atom. The van der Waals surface area contributed by atoms with Crippen LogP contribution in [0.3, 0.4) is 0 Å². The molecule has 4 heteroatoms. The fourth-order valence-electron chi connectivity index (χ4n) is 1.37. The Hall–Kier alpha value is -1.06. The van der Waals surface area contributed by atoms with E-state index >= 15 is 0 Å². The summed E-state index contributed by atoms with van der Waals surface area (Å²) in [6.45, 7) is 0.875. The lowest BCUT2D eigenvalue weighted by Gasteiger charge is -2.11. The molecule has 0 unspecified atom stereocenters. The summed E-state index contributed by atoms with van der Waals surface area (Å²) in [5.41, 5.74) is 0.778. The van der Waals surface area contributed by atoms with Crippen molar-refractivity contribution in [2.45, 2.75) is 32.1 Å². The van der Waals surface area contributed by atoms with Gasteiger partial charge in [-0.05, 0) is 19.3 Å². The van der Waals surface area contributed by atoms with E-state index in [0.29, 0.717) is 0 Å². The summed E-state index contributed by atoms with van der Waals surface area (Å²) in [6.07, 6.45) is 6.52. The van der Waals surface area contributed by atoms with Crippen molar-refractivity contribution in [2.75, 3.05) is 6.54 Å². The first kappa shape index (κ1) is 9.03. The number of nitrogens with one attached hydrogen (secondary N) is 1. The monoisotopic (exact) mass is 170 g/mol. The van der Waals surface area contributed by atoms with Crippen molar-refractivity contribution < 1.29 is 4.92 Å². The molecule has 0 amide bonds. The number of hydrogen-bond acceptors (Lipinski definition) is 3. The van der Waals surface area contributed by atoms with Gasteiger partial charge in [0.05, 0.1) is 10.6 Å². The smallest absolute Gasteiger partial charge is 0.253 e. The minimum atomic E-state index is -0.385. The highest BCUT2D eigenvalue weighted by Crippen LogP contribution is 2.11. The van der Waals surface area contributed by atoms with E-state index in [-0.39, 0.29) is 4.92 Å². The highest BCUT2D eigenvalue weighted by molar-refractivity contribution is 4.95. The van der Waals surface area contributed by atoms with Gasteiger partial charge in [-0.2, -0.15) is 0 Å². The molecule has 1 heterocycles. The van der Waals surface area contributed by atoms with E-state index in [1.54, 1.807) is 0 Å². The van der Waals surface area contributed by atoms with Crippen LogP contribution >= 0.6 is 0 Å². The van der Waals surface area contributed by atoms with Crippen molar-refractivity contribution in [2.24, 2.45) is 0 Å². The number of nitro groups is 1. The SMILES string of the molecule is O=[N+]([O-])/C=C1/CCCCCCN1. The van der Waals surface area contributed by atoms with E-state index in [1.807, 2.05) is 0 Å². The van der Waals surface area contributed by atoms with Gasteiger partial charge in [0.15, 0.2) is 0 Å². The molecule has 1 rings (SSSR count). The molecule has 12 heavy (non-hydrogen) atoms. The van der Waals surface area contributed by atoms with Gasteiger partial charge in [0.25, 0.3) is 6.20 Å². The summed E-state index contributed by atoms with van der Waals surface area (Å²) in [4.78, 5) is 9.77. The Kier molecular flexibility index (Phi) is 3.57. The van der Waals surface area contributed by atoms with E-state index in [0.717, 1.165) is 37.7 Å². The lowest BCUT2D eigenvalue weighted by atomic mass is 10.1. The molecule has 0 aromatic rings. The molecule has 1 aliphatic heterocycles. The molecule has 0 spiro atoms. The maximum Gasteiger partial charge on any atom is 0.253 e. The predicted molar refractivity (Wildman–Crippen MR) is 46.2 cm³/mol. The van der Waals surface area contributed by atoms with E-state index in [2.05, 4.69) is 5.32 Å². The van der Waals surface area contributed by atoms with Crippen molar-refractivity contribution in [1.29, 1.82) is 0 Å². The second kappa shape index (κ2) is 4.74. The summed E-state index contributed by atoms with van der Waals surface area (Å²) >= 11 is 0. The number of allylic oxidation sites excluding steroid dienone is 1. The Morgan fingerprint density at radius 3 is 2.83 bits per heavy atom. The zero-order valence-corrected chi connectivity index (χ0v) is 7.08. The second-order valence-electron chi connectivity index (χ2n) is 3.03. The van der Waals surface area contributed by atoms with Crippen LogP contribution in [-0.4, -0.2) is 11.5 Å². The number of hydrogen-bond donors (Lipinski definition) is 1. The highest BCUT2D eigenvalue weighted by Gasteiger charge is 2.05. The Labute approximate surface area is 71.8 Å². The van der Waals surface area contributed by atoms with Gasteiger partial charge in [-0.3, -0.25) is 10.1 Å². The van der Waals surface area contributed by atoms with Gasteiger partial charge in [0.1, 0.15) is 0 Å². The van der Waals surface area contributed by atoms with Crippen molar-refractivity contribution in [3.63, 3.8) is 0 Å². The van der Waals surface area contributed by atoms with E-state index in [4.69, 9.17) is 0 Å². The number of nitrogens with zero attached hydrogens (tertiary/aromatic N) is 1. The van der Waals surface area contributed by atoms with Crippen molar-refractivity contribution in [3.05, 3.63) is 22.0 Å². The molecule has 0 aromatic carbocycles. The van der Waals surface area contributed by atoms with Crippen LogP contribution in [0.4, 0.5) is 0 Å². The Bertz CT molecular complexity index is 179. The van der Waals surface area contributed by atoms with Gasteiger partial charge in [-0.15, -0.1) is 0 Å². The molecule has 1 saturated heterocycles. The average Bonchev–Trinajstić information content (AvgIpc) is 1.93. The fourth-order valence-corrected chi connectivity index (χ4v) is 1.37. The summed E-state index contributed by atoms with van der Waals surface area (Å²) in [7, 11) is 0. The van der Waals surface area contributed by atoms with Crippen LogP contribution < -0.4 is 5.32 Å². The first-order valence-corrected chi connectivity index (χ1v) is 4.37. The Balaban J connectivity index is 2.44. The molecule has 0 bridgehead atoms. The summed E-state index contributed by atoms with van der Waals surface area (Å²) in [5.74, 6) is 0. The third kappa shape index (κ3) is 3.37. The zero-order chi connectivity index (χ0) is 8.81. The Morgan fingerprint density at radius 2 is 2.08 bits per heavy atom. The summed E-state index contributed by atoms with van der Waals surface area (Å²) < 4.78 is 0. The molecule has 1 fully saturated rings. The molecule has 68 valence electrons. The molecule has 0 radical (unpaired) electrons. The summed E-state index contributed by atoms with van der Waals surface area (Å²) in [5, 5.41) is 13.2. The molecule has 4 nitrogen and oxygen atoms in total. The molecule has 0 aromatic heterocycles. The van der Waals surface area contributed by atoms with Gasteiger partial charge in [0, 0.05) is 6.54 Å². The van der Waals surface area contributed by atoms with Gasteiger partial charge >= 0.3 is 0 Å². The molecule has 1 aliphatic rings. The topological polar surface area (TPSA) is 55.2 Å². The maximum absolute atomic E-state index is 10.2. The maximum atomic E-state index is 10.2. The average molecular weight is 170 g/mol. The minimum Gasteiger partial charge on any atom is -0.383 e. The quantitative estimate of drug-likeness (QED) is 0.481. The molecular weight excluding hydrogens is 156 g/mol. The minimum absolute atomic E-state index is 0.385. The predicted octanol–water partition coefficient (Wildman–Crippen LogP) is 1.66. The van der Waals surface area contributed by atoms with Gasteiger partial charge in [-0.25, -0.2) is 0 Å². The molecule has 1 N–H and O–H groups in total. The largest absolute Gasteiger partial charge is 0.383 e. The summed E-state index contributed by atoms with van der Waals surface area (Å²) in [6, 6.07) is 0. The molecule has 0 saturated carbocycles. The third-order valence-corrected chi connectivity index (χ3v) is 1.99. The lowest BCUT2D eigenvalue weighted by Crippen LogP contribution is -2.17. The normalized spacial score (nSPS) is 22.5. The van der Waals surface area contributed by atoms with Crippen LogP contribution in [0.2, 0.25) is 0 Å². The number of rotatable bonds is 1. The van der Waals surface area contributed by atoms with Crippen LogP contribution in [0, 0.1) is 10.1 Å². The second-order valence-corrected chi connectivity index (χ2v) is 3.03. The molecule has 0 atom stereocenters. The van der Waals surface area contributed by atoms with E-state index in [1.165, 1.54) is 12.8 Å². The van der Waals surface area contributed by atoms with Crippen molar-refractivity contribution in [3.8, 4) is 0 Å². The van der Waals surface area contributed by atoms with E-state index in [9.17, 15) is 10.1 Å². The fraction of sp³-hybridized carbons (Fsp3) is 0.750. The molecular formula is C8H14N2O2. The van der Waals surface area contributed by atoms with E-state index < -0.39 is 0 Å².